The van der Waals surface area contributed by atoms with Crippen molar-refractivity contribution in [2.24, 2.45) is 16.1 Å². The van der Waals surface area contributed by atoms with E-state index in [1.165, 1.54) is 52.9 Å². The van der Waals surface area contributed by atoms with Crippen molar-refractivity contribution in [1.82, 2.24) is 4.98 Å². The Hall–Kier alpha value is -4.63. The second-order valence-corrected chi connectivity index (χ2v) is 14.9. The molecule has 0 radical (unpaired) electrons. The van der Waals surface area contributed by atoms with Gasteiger partial charge in [0.25, 0.3) is 10.0 Å². The molecule has 5 aromatic rings. The third kappa shape index (κ3) is 9.23. The first-order valence-electron chi connectivity index (χ1n) is 14.3. The van der Waals surface area contributed by atoms with E-state index in [0.29, 0.717) is 11.4 Å². The fraction of sp³-hybridized carbons (Fsp3) is 0.152. The molecule has 0 aliphatic heterocycles. The Morgan fingerprint density at radius 2 is 1.64 bits per heavy atom. The summed E-state index contributed by atoms with van der Waals surface area (Å²) in [5, 5.41) is 8.39. The van der Waals surface area contributed by atoms with E-state index in [1.54, 1.807) is 46.7 Å². The Kier molecular flexibility index (Phi) is 11.0. The zero-order chi connectivity index (χ0) is 33.4. The van der Waals surface area contributed by atoms with Crippen LogP contribution in [0.2, 0.25) is 0 Å². The minimum absolute atomic E-state index is 0.0131. The first-order chi connectivity index (χ1) is 22.6. The predicted molar refractivity (Wildman–Crippen MR) is 185 cm³/mol. The molecule has 10 nitrogen and oxygen atoms in total. The number of esters is 2. The Balaban J connectivity index is 1.35. The molecule has 5 rings (SSSR count). The highest BCUT2D eigenvalue weighted by molar-refractivity contribution is 7.92. The second kappa shape index (κ2) is 15.3. The summed E-state index contributed by atoms with van der Waals surface area (Å²) in [6, 6.07) is 24.0. The van der Waals surface area contributed by atoms with Crippen LogP contribution in [-0.2, 0) is 14.8 Å². The first kappa shape index (κ1) is 33.7. The fourth-order valence-corrected chi connectivity index (χ4v) is 7.48. The van der Waals surface area contributed by atoms with E-state index in [4.69, 9.17) is 21.7 Å². The van der Waals surface area contributed by atoms with Crippen LogP contribution in [0.25, 0.3) is 10.4 Å². The molecule has 0 spiro atoms. The SMILES string of the molecule is CCC(C)CC(=O)Oc1ccc(N=Nc2ccc(S(=O)(=O)Nc3ccccn3)cc2)cc1C(=O)Oc1ccc(-c2cc(=S)ss2)cc1. The monoisotopic (exact) mass is 704 g/mol. The van der Waals surface area contributed by atoms with Gasteiger partial charge in [-0.3, -0.25) is 9.52 Å². The van der Waals surface area contributed by atoms with E-state index in [9.17, 15) is 18.0 Å². The highest BCUT2D eigenvalue weighted by Gasteiger charge is 2.20. The van der Waals surface area contributed by atoms with E-state index < -0.39 is 22.0 Å². The van der Waals surface area contributed by atoms with Gasteiger partial charge in [-0.15, -0.1) is 0 Å². The molecule has 3 aromatic carbocycles. The molecule has 0 fully saturated rings. The molecule has 1 unspecified atom stereocenters. The van der Waals surface area contributed by atoms with Crippen LogP contribution in [0, 0.1) is 9.74 Å². The number of carbonyl (C=O) groups excluding carboxylic acids is 2. The average Bonchev–Trinajstić information content (AvgIpc) is 3.51. The summed E-state index contributed by atoms with van der Waals surface area (Å²) in [7, 11) is -0.778. The maximum atomic E-state index is 13.4. The van der Waals surface area contributed by atoms with E-state index in [-0.39, 0.29) is 40.1 Å². The third-order valence-electron chi connectivity index (χ3n) is 6.76. The summed E-state index contributed by atoms with van der Waals surface area (Å²) in [4.78, 5) is 31.0. The van der Waals surface area contributed by atoms with Crippen LogP contribution >= 0.6 is 32.9 Å². The van der Waals surface area contributed by atoms with Gasteiger partial charge in [-0.1, -0.05) is 59.2 Å². The van der Waals surface area contributed by atoms with Crippen molar-refractivity contribution in [2.75, 3.05) is 4.72 Å². The summed E-state index contributed by atoms with van der Waals surface area (Å²) in [6.45, 7) is 3.92. The fourth-order valence-electron chi connectivity index (χ4n) is 4.07. The summed E-state index contributed by atoms with van der Waals surface area (Å²) < 4.78 is 39.8. The maximum absolute atomic E-state index is 13.4. The Labute approximate surface area is 284 Å². The van der Waals surface area contributed by atoms with E-state index in [2.05, 4.69) is 19.9 Å². The Bertz CT molecular complexity index is 2060. The standard InChI is InChI=1S/C33H28N4O6S4/c1-3-21(2)18-31(38)43-28-16-11-24(19-27(28)33(39)42-25-12-7-22(8-13-25)29-20-32(44)46-45-29)36-35-23-9-14-26(15-10-23)47(40,41)37-30-6-4-5-17-34-30/h4-17,19-21H,3,18H2,1-2H3,(H,34,37). The summed E-state index contributed by atoms with van der Waals surface area (Å²) >= 11 is 5.22. The summed E-state index contributed by atoms with van der Waals surface area (Å²) in [5.74, 6) is -0.583. The number of anilines is 1. The lowest BCUT2D eigenvalue weighted by molar-refractivity contribution is -0.135. The minimum Gasteiger partial charge on any atom is -0.426 e. The van der Waals surface area contributed by atoms with Gasteiger partial charge in [0.05, 0.1) is 16.3 Å². The van der Waals surface area contributed by atoms with Crippen molar-refractivity contribution in [3.8, 4) is 21.9 Å². The number of sulfonamides is 1. The van der Waals surface area contributed by atoms with Crippen LogP contribution in [0.5, 0.6) is 11.5 Å². The van der Waals surface area contributed by atoms with Gasteiger partial charge in [0, 0.05) is 17.5 Å². The van der Waals surface area contributed by atoms with E-state index in [1.807, 2.05) is 32.0 Å². The van der Waals surface area contributed by atoms with E-state index >= 15 is 0 Å². The average molecular weight is 705 g/mol. The van der Waals surface area contributed by atoms with E-state index in [0.717, 1.165) is 20.7 Å². The van der Waals surface area contributed by atoms with Gasteiger partial charge in [-0.25, -0.2) is 18.2 Å². The number of hydrogen-bond donors (Lipinski definition) is 1. The number of hydrogen-bond acceptors (Lipinski definition) is 12. The van der Waals surface area contributed by atoms with Gasteiger partial charge >= 0.3 is 11.9 Å². The summed E-state index contributed by atoms with van der Waals surface area (Å²) in [5.41, 5.74) is 1.58. The number of aromatic nitrogens is 1. The number of ether oxygens (including phenoxy) is 2. The number of rotatable bonds is 12. The van der Waals surface area contributed by atoms with Gasteiger partial charge in [-0.2, -0.15) is 10.2 Å². The quantitative estimate of drug-likeness (QED) is 0.0446. The lowest BCUT2D eigenvalue weighted by atomic mass is 10.1. The second-order valence-electron chi connectivity index (χ2n) is 10.3. The van der Waals surface area contributed by atoms with Gasteiger partial charge in [0.2, 0.25) is 0 Å². The van der Waals surface area contributed by atoms with Gasteiger partial charge < -0.3 is 9.47 Å². The number of nitrogens with one attached hydrogen (secondary N) is 1. The first-order valence-corrected chi connectivity index (χ1v) is 18.4. The lowest BCUT2D eigenvalue weighted by Crippen LogP contribution is -2.16. The van der Waals surface area contributed by atoms with Crippen molar-refractivity contribution < 1.29 is 27.5 Å². The Morgan fingerprint density at radius 1 is 0.915 bits per heavy atom. The van der Waals surface area contributed by atoms with Crippen LogP contribution in [0.1, 0.15) is 37.0 Å². The third-order valence-corrected chi connectivity index (χ3v) is 11.0. The molecule has 240 valence electrons. The summed E-state index contributed by atoms with van der Waals surface area (Å²) in [6.07, 6.45) is 2.47. The molecule has 0 aliphatic rings. The molecule has 0 aliphatic carbocycles. The number of azo groups is 1. The zero-order valence-electron chi connectivity index (χ0n) is 25.2. The zero-order valence-corrected chi connectivity index (χ0v) is 28.4. The van der Waals surface area contributed by atoms with Crippen LogP contribution in [0.15, 0.2) is 112 Å². The van der Waals surface area contributed by atoms with Gasteiger partial charge in [0.15, 0.2) is 0 Å². The molecule has 0 bridgehead atoms. The largest absolute Gasteiger partial charge is 0.426 e. The van der Waals surface area contributed by atoms with Gasteiger partial charge in [0.1, 0.15) is 26.7 Å². The smallest absolute Gasteiger partial charge is 0.347 e. The highest BCUT2D eigenvalue weighted by Crippen LogP contribution is 2.32. The van der Waals surface area contributed by atoms with Crippen molar-refractivity contribution in [1.29, 1.82) is 0 Å². The molecule has 0 saturated heterocycles. The minimum atomic E-state index is -3.86. The van der Waals surface area contributed by atoms with Crippen molar-refractivity contribution in [3.63, 3.8) is 0 Å². The van der Waals surface area contributed by atoms with Crippen LogP contribution < -0.4 is 14.2 Å². The molecule has 0 amide bonds. The van der Waals surface area contributed by atoms with Crippen molar-refractivity contribution in [3.05, 3.63) is 107 Å². The van der Waals surface area contributed by atoms with Crippen LogP contribution in [0.4, 0.5) is 17.2 Å². The van der Waals surface area contributed by atoms with Crippen LogP contribution in [-0.4, -0.2) is 25.3 Å². The molecule has 2 aromatic heterocycles. The molecular formula is C33H28N4O6S4. The number of benzene rings is 3. The molecule has 0 saturated carbocycles. The molecule has 1 N–H and O–H groups in total. The number of nitrogens with zero attached hydrogens (tertiary/aromatic N) is 3. The molecule has 47 heavy (non-hydrogen) atoms. The topological polar surface area (TPSA) is 136 Å². The highest BCUT2D eigenvalue weighted by atomic mass is 32.9. The van der Waals surface area contributed by atoms with Crippen molar-refractivity contribution >= 4 is 72.1 Å². The molecule has 2 heterocycles. The van der Waals surface area contributed by atoms with Crippen molar-refractivity contribution in [2.45, 2.75) is 31.6 Å². The van der Waals surface area contributed by atoms with Gasteiger partial charge in [-0.05, 0) is 96.4 Å². The number of carbonyl (C=O) groups is 2. The predicted octanol–water partition coefficient (Wildman–Crippen LogP) is 9.38. The normalized spacial score (nSPS) is 12.0. The molecular weight excluding hydrogens is 677 g/mol. The Morgan fingerprint density at radius 3 is 2.30 bits per heavy atom. The maximum Gasteiger partial charge on any atom is 0.347 e. The molecule has 14 heteroatoms. The lowest BCUT2D eigenvalue weighted by Gasteiger charge is -2.12. The number of pyridine rings is 1. The molecule has 1 atom stereocenters. The van der Waals surface area contributed by atoms with Crippen LogP contribution in [0.3, 0.4) is 0 Å².